The first-order chi connectivity index (χ1) is 9.77. The molecule has 0 aromatic rings. The van der Waals surface area contributed by atoms with Crippen LogP contribution in [0.25, 0.3) is 0 Å². The first kappa shape index (κ1) is 17.6. The van der Waals surface area contributed by atoms with Crippen LogP contribution in [-0.2, 0) is 9.63 Å². The summed E-state index contributed by atoms with van der Waals surface area (Å²) in [5.41, 5.74) is 7.89. The molecule has 118 valence electrons. The molecule has 0 aromatic heterocycles. The highest BCUT2D eigenvalue weighted by atomic mass is 16.9. The van der Waals surface area contributed by atoms with Crippen molar-refractivity contribution in [1.82, 2.24) is 0 Å². The van der Waals surface area contributed by atoms with Crippen molar-refractivity contribution >= 4 is 5.78 Å². The summed E-state index contributed by atoms with van der Waals surface area (Å²) in [6.45, 7) is 11.0. The van der Waals surface area contributed by atoms with Crippen molar-refractivity contribution in [2.75, 3.05) is 0 Å². The number of rotatable bonds is 7. The molecule has 1 unspecified atom stereocenters. The van der Waals surface area contributed by atoms with Gasteiger partial charge in [-0.3, -0.25) is 4.79 Å². The van der Waals surface area contributed by atoms with E-state index >= 15 is 0 Å². The van der Waals surface area contributed by atoms with Crippen molar-refractivity contribution in [3.05, 3.63) is 40.8 Å². The maximum absolute atomic E-state index is 12.2. The van der Waals surface area contributed by atoms with Crippen LogP contribution in [0.15, 0.2) is 35.6 Å². The van der Waals surface area contributed by atoms with Crippen LogP contribution in [0.3, 0.4) is 0 Å². The molecule has 0 saturated heterocycles. The third kappa shape index (κ3) is 4.52. The van der Waals surface area contributed by atoms with E-state index < -0.39 is 6.10 Å². The van der Waals surface area contributed by atoms with E-state index in [1.54, 1.807) is 13.0 Å². The molecule has 3 N–H and O–H groups in total. The number of nitrogens with one attached hydrogen (secondary N) is 1. The molecular weight excluding hydrogens is 268 g/mol. The fourth-order valence-electron chi connectivity index (χ4n) is 2.43. The summed E-state index contributed by atoms with van der Waals surface area (Å²) in [5, 5.41) is 11.9. The lowest BCUT2D eigenvalue weighted by atomic mass is 10.0. The minimum absolute atomic E-state index is 0.00321. The number of nitrogens with two attached hydrogens (primary N) is 1. The van der Waals surface area contributed by atoms with E-state index in [9.17, 15) is 10.0 Å². The van der Waals surface area contributed by atoms with Crippen molar-refractivity contribution in [1.29, 1.82) is 0 Å². The average Bonchev–Trinajstić information content (AvgIpc) is 2.65. The number of hydroxylamine groups is 2. The van der Waals surface area contributed by atoms with Gasteiger partial charge in [0.25, 0.3) is 0 Å². The second-order valence-electron chi connectivity index (χ2n) is 5.77. The SMILES string of the molecule is C=CCC1=C(C)[C@@H](O[NH+]([O-])[C@H](C)[C@H](C)/C=C(/C)N)CC1=O. The van der Waals surface area contributed by atoms with E-state index in [4.69, 9.17) is 10.6 Å². The molecule has 4 atom stereocenters. The molecule has 1 aliphatic rings. The molecule has 1 rings (SSSR count). The molecule has 0 saturated carbocycles. The highest BCUT2D eigenvalue weighted by Crippen LogP contribution is 2.27. The van der Waals surface area contributed by atoms with Crippen LogP contribution in [0.4, 0.5) is 0 Å². The molecule has 21 heavy (non-hydrogen) atoms. The van der Waals surface area contributed by atoms with E-state index in [-0.39, 0.29) is 29.4 Å². The molecule has 5 heteroatoms. The second-order valence-corrected chi connectivity index (χ2v) is 5.77. The maximum Gasteiger partial charge on any atom is 0.162 e. The molecular formula is C16H26N2O3. The number of hydrogen-bond donors (Lipinski definition) is 2. The zero-order valence-corrected chi connectivity index (χ0v) is 13.3. The Kier molecular flexibility index (Phi) is 6.33. The van der Waals surface area contributed by atoms with Crippen LogP contribution in [-0.4, -0.2) is 17.9 Å². The van der Waals surface area contributed by atoms with Gasteiger partial charge >= 0.3 is 0 Å². The van der Waals surface area contributed by atoms with Crippen LogP contribution in [0.1, 0.15) is 40.5 Å². The van der Waals surface area contributed by atoms with Gasteiger partial charge in [-0.25, -0.2) is 5.23 Å². The number of allylic oxidation sites excluding steroid dienone is 3. The van der Waals surface area contributed by atoms with E-state index in [1.807, 2.05) is 26.8 Å². The van der Waals surface area contributed by atoms with Gasteiger partial charge in [0.05, 0.1) is 0 Å². The largest absolute Gasteiger partial charge is 0.600 e. The van der Waals surface area contributed by atoms with Crippen molar-refractivity contribution in [3.63, 3.8) is 0 Å². The predicted octanol–water partition coefficient (Wildman–Crippen LogP) is 1.42. The Morgan fingerprint density at radius 1 is 1.62 bits per heavy atom. The first-order valence-electron chi connectivity index (χ1n) is 7.26. The van der Waals surface area contributed by atoms with Gasteiger partial charge in [0.2, 0.25) is 0 Å². The molecule has 0 heterocycles. The molecule has 0 amide bonds. The van der Waals surface area contributed by atoms with E-state index in [2.05, 4.69) is 6.58 Å². The average molecular weight is 294 g/mol. The van der Waals surface area contributed by atoms with Gasteiger partial charge in [-0.2, -0.15) is 4.84 Å². The molecule has 0 fully saturated rings. The number of carbonyl (C=O) groups is 1. The van der Waals surface area contributed by atoms with Crippen LogP contribution < -0.4 is 11.0 Å². The molecule has 0 aliphatic heterocycles. The Hall–Kier alpha value is -1.43. The van der Waals surface area contributed by atoms with Gasteiger partial charge in [0.15, 0.2) is 5.78 Å². The Bertz CT molecular complexity index is 464. The highest BCUT2D eigenvalue weighted by Gasteiger charge is 2.33. The normalized spacial score (nSPS) is 24.1. The molecule has 0 bridgehead atoms. The number of quaternary nitrogens is 1. The van der Waals surface area contributed by atoms with Crippen LogP contribution in [0.5, 0.6) is 0 Å². The zero-order valence-electron chi connectivity index (χ0n) is 13.3. The van der Waals surface area contributed by atoms with Crippen LogP contribution in [0, 0.1) is 11.1 Å². The number of carbonyl (C=O) groups excluding carboxylic acids is 1. The zero-order chi connectivity index (χ0) is 16.2. The van der Waals surface area contributed by atoms with E-state index in [1.165, 1.54) is 0 Å². The van der Waals surface area contributed by atoms with Crippen LogP contribution in [0.2, 0.25) is 0 Å². The van der Waals surface area contributed by atoms with Gasteiger partial charge in [-0.05, 0) is 32.8 Å². The smallest absolute Gasteiger partial charge is 0.162 e. The topological polar surface area (TPSA) is 79.8 Å². The van der Waals surface area contributed by atoms with Crippen molar-refractivity contribution in [2.45, 2.75) is 52.7 Å². The Balaban J connectivity index is 2.71. The number of hydrogen-bond acceptors (Lipinski definition) is 4. The minimum atomic E-state index is -0.433. The summed E-state index contributed by atoms with van der Waals surface area (Å²) in [7, 11) is 0. The monoisotopic (exact) mass is 294 g/mol. The first-order valence-corrected chi connectivity index (χ1v) is 7.26. The minimum Gasteiger partial charge on any atom is -0.600 e. The van der Waals surface area contributed by atoms with Gasteiger partial charge in [-0.15, -0.1) is 6.58 Å². The third-order valence-electron chi connectivity index (χ3n) is 3.96. The molecule has 0 aromatic carbocycles. The Labute approximate surface area is 126 Å². The molecule has 0 spiro atoms. The fourth-order valence-corrected chi connectivity index (χ4v) is 2.43. The third-order valence-corrected chi connectivity index (χ3v) is 3.96. The lowest BCUT2D eigenvalue weighted by Crippen LogP contribution is -3.11. The van der Waals surface area contributed by atoms with Gasteiger partial charge in [0, 0.05) is 23.6 Å². The summed E-state index contributed by atoms with van der Waals surface area (Å²) in [5.74, 6) is 0.0418. The Morgan fingerprint density at radius 2 is 2.24 bits per heavy atom. The fraction of sp³-hybridized carbons (Fsp3) is 0.562. The summed E-state index contributed by atoms with van der Waals surface area (Å²) >= 11 is 0. The predicted molar refractivity (Wildman–Crippen MR) is 82.9 cm³/mol. The standard InChI is InChI=1S/C16H26N2O3/c1-6-7-14-12(4)16(9-15(14)19)21-18(20)13(5)10(2)8-11(3)17/h6,8,10,13,16,18H,1,7,9,17H2,2-5H3/b11-8-/t10-,13-,16+/m1/s1. The van der Waals surface area contributed by atoms with Crippen molar-refractivity contribution in [2.24, 2.45) is 11.7 Å². The van der Waals surface area contributed by atoms with Crippen molar-refractivity contribution < 1.29 is 14.9 Å². The van der Waals surface area contributed by atoms with Crippen LogP contribution >= 0.6 is 0 Å². The van der Waals surface area contributed by atoms with Gasteiger partial charge in [0.1, 0.15) is 12.1 Å². The van der Waals surface area contributed by atoms with Gasteiger partial charge < -0.3 is 10.9 Å². The number of Topliss-reactive ketones (excluding diaryl/α,β-unsaturated/α-hetero) is 1. The quantitative estimate of drug-likeness (QED) is 0.550. The summed E-state index contributed by atoms with van der Waals surface area (Å²) in [4.78, 5) is 17.4. The molecule has 0 radical (unpaired) electrons. The lowest BCUT2D eigenvalue weighted by Gasteiger charge is -2.31. The van der Waals surface area contributed by atoms with E-state index in [0.717, 1.165) is 11.1 Å². The maximum atomic E-state index is 12.2. The second kappa shape index (κ2) is 7.54. The Morgan fingerprint density at radius 3 is 2.76 bits per heavy atom. The molecule has 1 aliphatic carbocycles. The summed E-state index contributed by atoms with van der Waals surface area (Å²) in [6, 6.07) is -0.296. The summed E-state index contributed by atoms with van der Waals surface area (Å²) in [6.07, 6.45) is 3.88. The highest BCUT2D eigenvalue weighted by molar-refractivity contribution is 5.99. The van der Waals surface area contributed by atoms with Gasteiger partial charge in [-0.1, -0.05) is 19.1 Å². The molecule has 5 nitrogen and oxygen atoms in total. The van der Waals surface area contributed by atoms with Crippen molar-refractivity contribution in [3.8, 4) is 0 Å². The summed E-state index contributed by atoms with van der Waals surface area (Å²) < 4.78 is 0. The lowest BCUT2D eigenvalue weighted by molar-refractivity contribution is -1.08. The van der Waals surface area contributed by atoms with E-state index in [0.29, 0.717) is 12.1 Å². The number of ketones is 1.